The third-order valence-corrected chi connectivity index (χ3v) is 3.72. The van der Waals surface area contributed by atoms with Crippen molar-refractivity contribution in [1.29, 1.82) is 0 Å². The van der Waals surface area contributed by atoms with Gasteiger partial charge in [0, 0.05) is 16.3 Å². The zero-order valence-electron chi connectivity index (χ0n) is 10.2. The topological polar surface area (TPSA) is 21.3 Å². The first kappa shape index (κ1) is 12.1. The highest BCUT2D eigenvalue weighted by atomic mass is 32.1. The van der Waals surface area contributed by atoms with Gasteiger partial charge in [0.1, 0.15) is 5.75 Å². The van der Waals surface area contributed by atoms with Crippen molar-refractivity contribution in [1.82, 2.24) is 5.32 Å². The van der Waals surface area contributed by atoms with E-state index in [2.05, 4.69) is 36.5 Å². The Morgan fingerprint density at radius 1 is 1.12 bits per heavy atom. The van der Waals surface area contributed by atoms with Crippen LogP contribution in [0.15, 0.2) is 36.4 Å². The first-order valence-electron chi connectivity index (χ1n) is 5.77. The van der Waals surface area contributed by atoms with Crippen LogP contribution in [0.25, 0.3) is 10.4 Å². The molecule has 1 aromatic heterocycles. The monoisotopic (exact) mass is 247 g/mol. The van der Waals surface area contributed by atoms with Gasteiger partial charge in [-0.15, -0.1) is 11.3 Å². The largest absolute Gasteiger partial charge is 0.497 e. The predicted molar refractivity (Wildman–Crippen MR) is 73.7 cm³/mol. The molecule has 17 heavy (non-hydrogen) atoms. The van der Waals surface area contributed by atoms with Gasteiger partial charge in [0.05, 0.1) is 7.11 Å². The van der Waals surface area contributed by atoms with E-state index in [0.717, 1.165) is 18.8 Å². The van der Waals surface area contributed by atoms with Crippen LogP contribution in [0, 0.1) is 0 Å². The van der Waals surface area contributed by atoms with E-state index < -0.39 is 0 Å². The van der Waals surface area contributed by atoms with Crippen molar-refractivity contribution in [2.45, 2.75) is 13.5 Å². The summed E-state index contributed by atoms with van der Waals surface area (Å²) in [7, 11) is 1.69. The molecule has 3 heteroatoms. The lowest BCUT2D eigenvalue weighted by Crippen LogP contribution is -2.10. The maximum atomic E-state index is 5.16. The Balaban J connectivity index is 2.12. The Morgan fingerprint density at radius 2 is 1.88 bits per heavy atom. The van der Waals surface area contributed by atoms with Crippen molar-refractivity contribution in [3.05, 3.63) is 41.3 Å². The second kappa shape index (κ2) is 5.84. The second-order valence-corrected chi connectivity index (χ2v) is 4.94. The van der Waals surface area contributed by atoms with E-state index in [4.69, 9.17) is 4.74 Å². The summed E-state index contributed by atoms with van der Waals surface area (Å²) in [6, 6.07) is 12.6. The van der Waals surface area contributed by atoms with Gasteiger partial charge in [-0.2, -0.15) is 0 Å². The Kier molecular flexibility index (Phi) is 4.18. The fraction of sp³-hybridized carbons (Fsp3) is 0.286. The fourth-order valence-electron chi connectivity index (χ4n) is 1.63. The highest BCUT2D eigenvalue weighted by Gasteiger charge is 2.02. The van der Waals surface area contributed by atoms with Crippen molar-refractivity contribution in [3.63, 3.8) is 0 Å². The molecule has 1 aromatic carbocycles. The van der Waals surface area contributed by atoms with Gasteiger partial charge in [-0.25, -0.2) is 0 Å². The Labute approximate surface area is 106 Å². The van der Waals surface area contributed by atoms with Crippen molar-refractivity contribution in [2.75, 3.05) is 13.7 Å². The van der Waals surface area contributed by atoms with Crippen molar-refractivity contribution in [3.8, 4) is 16.2 Å². The molecule has 90 valence electrons. The molecule has 2 rings (SSSR count). The Bertz CT molecular complexity index is 461. The number of thiophene rings is 1. The minimum Gasteiger partial charge on any atom is -0.497 e. The summed E-state index contributed by atoms with van der Waals surface area (Å²) >= 11 is 1.84. The van der Waals surface area contributed by atoms with Gasteiger partial charge < -0.3 is 10.1 Å². The molecule has 0 spiro atoms. The van der Waals surface area contributed by atoms with Crippen LogP contribution in [0.1, 0.15) is 11.8 Å². The second-order valence-electron chi connectivity index (χ2n) is 3.77. The van der Waals surface area contributed by atoms with E-state index in [1.54, 1.807) is 7.11 Å². The first-order valence-corrected chi connectivity index (χ1v) is 6.59. The average molecular weight is 247 g/mol. The van der Waals surface area contributed by atoms with Gasteiger partial charge in [-0.3, -0.25) is 0 Å². The van der Waals surface area contributed by atoms with Crippen molar-refractivity contribution >= 4 is 11.3 Å². The summed E-state index contributed by atoms with van der Waals surface area (Å²) in [4.78, 5) is 2.68. The summed E-state index contributed by atoms with van der Waals surface area (Å²) in [6.45, 7) is 4.09. The number of ether oxygens (including phenoxy) is 1. The molecule has 0 amide bonds. The molecule has 0 unspecified atom stereocenters. The molecule has 0 aliphatic carbocycles. The standard InChI is InChI=1S/C14H17NOS/c1-3-15-10-13-8-9-14(17-13)11-4-6-12(16-2)7-5-11/h4-9,15H,3,10H2,1-2H3. The van der Waals surface area contributed by atoms with E-state index in [0.29, 0.717) is 0 Å². The van der Waals surface area contributed by atoms with Gasteiger partial charge in [-0.1, -0.05) is 6.92 Å². The van der Waals surface area contributed by atoms with Crippen LogP contribution in [0.4, 0.5) is 0 Å². The predicted octanol–water partition coefficient (Wildman–Crippen LogP) is 3.53. The molecular formula is C14H17NOS. The van der Waals surface area contributed by atoms with Gasteiger partial charge in [-0.05, 0) is 48.5 Å². The maximum absolute atomic E-state index is 5.16. The number of benzene rings is 1. The lowest BCUT2D eigenvalue weighted by Gasteiger charge is -2.01. The normalized spacial score (nSPS) is 10.5. The first-order chi connectivity index (χ1) is 8.33. The number of hydrogen-bond acceptors (Lipinski definition) is 3. The average Bonchev–Trinajstić information content (AvgIpc) is 2.85. The fourth-order valence-corrected chi connectivity index (χ4v) is 2.61. The number of methoxy groups -OCH3 is 1. The third kappa shape index (κ3) is 3.08. The molecule has 0 bridgehead atoms. The van der Waals surface area contributed by atoms with Crippen LogP contribution >= 0.6 is 11.3 Å². The number of nitrogens with one attached hydrogen (secondary N) is 1. The Hall–Kier alpha value is -1.32. The molecule has 0 saturated carbocycles. The van der Waals surface area contributed by atoms with Gasteiger partial charge >= 0.3 is 0 Å². The Morgan fingerprint density at radius 3 is 2.53 bits per heavy atom. The summed E-state index contributed by atoms with van der Waals surface area (Å²) in [5.74, 6) is 0.901. The third-order valence-electron chi connectivity index (χ3n) is 2.59. The smallest absolute Gasteiger partial charge is 0.118 e. The summed E-state index contributed by atoms with van der Waals surface area (Å²) in [5.41, 5.74) is 1.25. The molecule has 1 heterocycles. The van der Waals surface area contributed by atoms with Crippen LogP contribution in [-0.2, 0) is 6.54 Å². The zero-order chi connectivity index (χ0) is 12.1. The molecule has 0 atom stereocenters. The van der Waals surface area contributed by atoms with Crippen molar-refractivity contribution < 1.29 is 4.74 Å². The molecule has 2 aromatic rings. The molecule has 0 saturated heterocycles. The minimum absolute atomic E-state index is 0.901. The van der Waals surface area contributed by atoms with Gasteiger partial charge in [0.25, 0.3) is 0 Å². The number of rotatable bonds is 5. The van der Waals surface area contributed by atoms with E-state index in [-0.39, 0.29) is 0 Å². The van der Waals surface area contributed by atoms with E-state index >= 15 is 0 Å². The van der Waals surface area contributed by atoms with Gasteiger partial charge in [0.2, 0.25) is 0 Å². The van der Waals surface area contributed by atoms with Crippen LogP contribution in [-0.4, -0.2) is 13.7 Å². The zero-order valence-corrected chi connectivity index (χ0v) is 11.0. The SMILES string of the molecule is CCNCc1ccc(-c2ccc(OC)cc2)s1. The summed E-state index contributed by atoms with van der Waals surface area (Å²) in [6.07, 6.45) is 0. The molecule has 0 radical (unpaired) electrons. The van der Waals surface area contributed by atoms with E-state index in [1.807, 2.05) is 23.5 Å². The number of hydrogen-bond donors (Lipinski definition) is 1. The van der Waals surface area contributed by atoms with Crippen molar-refractivity contribution in [2.24, 2.45) is 0 Å². The molecule has 1 N–H and O–H groups in total. The van der Waals surface area contributed by atoms with Crippen LogP contribution < -0.4 is 10.1 Å². The van der Waals surface area contributed by atoms with Crippen LogP contribution in [0.3, 0.4) is 0 Å². The molecule has 0 aliphatic heterocycles. The summed E-state index contributed by atoms with van der Waals surface area (Å²) in [5, 5.41) is 3.34. The molecule has 0 fully saturated rings. The molecule has 0 aliphatic rings. The molecule has 2 nitrogen and oxygen atoms in total. The van der Waals surface area contributed by atoms with E-state index in [1.165, 1.54) is 15.3 Å². The van der Waals surface area contributed by atoms with Crippen LogP contribution in [0.5, 0.6) is 5.75 Å². The quantitative estimate of drug-likeness (QED) is 0.872. The molecular weight excluding hydrogens is 230 g/mol. The lowest BCUT2D eigenvalue weighted by molar-refractivity contribution is 0.415. The minimum atomic E-state index is 0.901. The highest BCUT2D eigenvalue weighted by Crippen LogP contribution is 2.29. The van der Waals surface area contributed by atoms with E-state index in [9.17, 15) is 0 Å². The van der Waals surface area contributed by atoms with Gasteiger partial charge in [0.15, 0.2) is 0 Å². The summed E-state index contributed by atoms with van der Waals surface area (Å²) < 4.78 is 5.16. The van der Waals surface area contributed by atoms with Crippen LogP contribution in [0.2, 0.25) is 0 Å². The maximum Gasteiger partial charge on any atom is 0.118 e. The lowest BCUT2D eigenvalue weighted by atomic mass is 10.2. The highest BCUT2D eigenvalue weighted by molar-refractivity contribution is 7.15.